The second-order valence-electron chi connectivity index (χ2n) is 6.84. The Balaban J connectivity index is 2.10. The van der Waals surface area contributed by atoms with Crippen molar-refractivity contribution in [3.8, 4) is 0 Å². The van der Waals surface area contributed by atoms with Crippen LogP contribution in [0.2, 0.25) is 0 Å². The molecule has 2 rings (SSSR count). The third-order valence-corrected chi connectivity index (χ3v) is 4.63. The zero-order chi connectivity index (χ0) is 16.5. The van der Waals surface area contributed by atoms with Crippen LogP contribution in [0.1, 0.15) is 45.8 Å². The van der Waals surface area contributed by atoms with Crippen LogP contribution < -0.4 is 11.2 Å². The Hall–Kier alpha value is -0.915. The predicted octanol–water partition coefficient (Wildman–Crippen LogP) is 0.729. The topological polar surface area (TPSA) is 84.9 Å². The van der Waals surface area contributed by atoms with Crippen LogP contribution in [0.3, 0.4) is 0 Å². The maximum absolute atomic E-state index is 10.1. The van der Waals surface area contributed by atoms with E-state index in [4.69, 9.17) is 15.0 Å². The van der Waals surface area contributed by atoms with E-state index in [0.29, 0.717) is 18.5 Å². The van der Waals surface area contributed by atoms with Gasteiger partial charge in [0.2, 0.25) is 0 Å². The summed E-state index contributed by atoms with van der Waals surface area (Å²) in [5, 5.41) is 19.9. The number of hydrogen-bond acceptors (Lipinski definition) is 5. The lowest BCUT2D eigenvalue weighted by atomic mass is 9.78. The average Bonchev–Trinajstić information content (AvgIpc) is 2.67. The van der Waals surface area contributed by atoms with Crippen molar-refractivity contribution >= 4 is 12.6 Å². The molecule has 1 aliphatic heterocycles. The summed E-state index contributed by atoms with van der Waals surface area (Å²) in [7, 11) is -0.426. The quantitative estimate of drug-likeness (QED) is 0.698. The molecule has 0 bridgehead atoms. The van der Waals surface area contributed by atoms with E-state index in [0.717, 1.165) is 5.46 Å². The van der Waals surface area contributed by atoms with Gasteiger partial charge in [-0.25, -0.2) is 0 Å². The molecule has 4 N–H and O–H groups in total. The predicted molar refractivity (Wildman–Crippen MR) is 86.8 cm³/mol. The lowest BCUT2D eigenvalue weighted by molar-refractivity contribution is 0.00578. The number of aliphatic hydroxyl groups is 2. The van der Waals surface area contributed by atoms with Gasteiger partial charge < -0.3 is 25.3 Å². The van der Waals surface area contributed by atoms with Gasteiger partial charge in [0.25, 0.3) is 0 Å². The zero-order valence-corrected chi connectivity index (χ0v) is 13.7. The minimum Gasteiger partial charge on any atom is -0.399 e. The minimum atomic E-state index is -0.934. The van der Waals surface area contributed by atoms with Crippen molar-refractivity contribution in [3.05, 3.63) is 29.8 Å². The normalized spacial score (nSPS) is 22.6. The van der Waals surface area contributed by atoms with Crippen LogP contribution in [-0.2, 0) is 9.31 Å². The van der Waals surface area contributed by atoms with Crippen LogP contribution in [0.5, 0.6) is 0 Å². The van der Waals surface area contributed by atoms with E-state index >= 15 is 0 Å². The van der Waals surface area contributed by atoms with Crippen LogP contribution in [0.25, 0.3) is 0 Å². The Bertz CT molecular complexity index is 487. The lowest BCUT2D eigenvalue weighted by Crippen LogP contribution is -2.41. The molecular formula is C16H26BNO4. The fourth-order valence-electron chi connectivity index (χ4n) is 2.38. The standard InChI is InChI=1S/C16H26BNO4/c1-15(2)16(3,4)22-17(21-15)12-7-5-11(6-8-12)14(20)13(19)9-10-18/h5-8,13-14,19-20H,9-10,18H2,1-4H3. The van der Waals surface area contributed by atoms with E-state index in [1.54, 1.807) is 12.1 Å². The summed E-state index contributed by atoms with van der Waals surface area (Å²) < 4.78 is 12.0. The molecule has 0 amide bonds. The van der Waals surface area contributed by atoms with E-state index in [1.807, 2.05) is 39.8 Å². The van der Waals surface area contributed by atoms with E-state index in [1.165, 1.54) is 0 Å². The Morgan fingerprint density at radius 2 is 1.55 bits per heavy atom. The van der Waals surface area contributed by atoms with Crippen LogP contribution in [-0.4, -0.2) is 41.2 Å². The van der Waals surface area contributed by atoms with Crippen LogP contribution in [0, 0.1) is 0 Å². The number of aliphatic hydroxyl groups excluding tert-OH is 2. The van der Waals surface area contributed by atoms with Gasteiger partial charge in [-0.05, 0) is 51.7 Å². The summed E-state index contributed by atoms with van der Waals surface area (Å²) in [6, 6.07) is 7.28. The first-order chi connectivity index (χ1) is 10.2. The fraction of sp³-hybridized carbons (Fsp3) is 0.625. The number of hydrogen-bond donors (Lipinski definition) is 3. The Kier molecular flexibility index (Phi) is 4.99. The second-order valence-corrected chi connectivity index (χ2v) is 6.84. The molecular weight excluding hydrogens is 281 g/mol. The number of rotatable bonds is 5. The summed E-state index contributed by atoms with van der Waals surface area (Å²) in [6.07, 6.45) is -1.43. The molecule has 1 aromatic rings. The maximum atomic E-state index is 10.1. The molecule has 5 nitrogen and oxygen atoms in total. The average molecular weight is 307 g/mol. The molecule has 1 aliphatic rings. The van der Waals surface area contributed by atoms with Gasteiger partial charge in [0.1, 0.15) is 6.10 Å². The highest BCUT2D eigenvalue weighted by atomic mass is 16.7. The first-order valence-corrected chi connectivity index (χ1v) is 7.69. The molecule has 0 aromatic heterocycles. The molecule has 0 radical (unpaired) electrons. The summed E-state index contributed by atoms with van der Waals surface area (Å²) in [6.45, 7) is 8.37. The van der Waals surface area contributed by atoms with Crippen molar-refractivity contribution in [2.75, 3.05) is 6.54 Å². The van der Waals surface area contributed by atoms with Gasteiger partial charge in [0, 0.05) is 0 Å². The van der Waals surface area contributed by atoms with Gasteiger partial charge in [-0.3, -0.25) is 0 Å². The van der Waals surface area contributed by atoms with Gasteiger partial charge in [-0.1, -0.05) is 24.3 Å². The molecule has 1 fully saturated rings. The van der Waals surface area contributed by atoms with Crippen LogP contribution in [0.15, 0.2) is 24.3 Å². The highest BCUT2D eigenvalue weighted by Gasteiger charge is 2.51. The fourth-order valence-corrected chi connectivity index (χ4v) is 2.38. The summed E-state index contributed by atoms with van der Waals surface area (Å²) in [4.78, 5) is 0. The minimum absolute atomic E-state index is 0.338. The van der Waals surface area contributed by atoms with Gasteiger partial charge in [0.15, 0.2) is 0 Å². The van der Waals surface area contributed by atoms with Gasteiger partial charge in [-0.2, -0.15) is 0 Å². The molecule has 122 valence electrons. The summed E-state index contributed by atoms with van der Waals surface area (Å²) >= 11 is 0. The SMILES string of the molecule is CC1(C)OB(c2ccc(C(O)C(O)CCN)cc2)OC1(C)C. The van der Waals surface area contributed by atoms with Gasteiger partial charge in [0.05, 0.1) is 17.3 Å². The lowest BCUT2D eigenvalue weighted by Gasteiger charge is -2.32. The van der Waals surface area contributed by atoms with E-state index in [2.05, 4.69) is 0 Å². The largest absolute Gasteiger partial charge is 0.494 e. The zero-order valence-electron chi connectivity index (χ0n) is 13.7. The summed E-state index contributed by atoms with van der Waals surface area (Å²) in [5.41, 5.74) is 6.18. The molecule has 0 spiro atoms. The third kappa shape index (κ3) is 3.36. The molecule has 1 heterocycles. The van der Waals surface area contributed by atoms with Crippen molar-refractivity contribution in [1.82, 2.24) is 0 Å². The molecule has 0 saturated carbocycles. The van der Waals surface area contributed by atoms with E-state index in [9.17, 15) is 10.2 Å². The molecule has 0 aliphatic carbocycles. The Labute approximate surface area is 132 Å². The number of nitrogens with two attached hydrogens (primary N) is 1. The van der Waals surface area contributed by atoms with E-state index in [-0.39, 0.29) is 11.2 Å². The third-order valence-electron chi connectivity index (χ3n) is 4.63. The van der Waals surface area contributed by atoms with Crippen LogP contribution in [0.4, 0.5) is 0 Å². The Morgan fingerprint density at radius 3 is 2.00 bits per heavy atom. The molecule has 2 unspecified atom stereocenters. The molecule has 1 aromatic carbocycles. The van der Waals surface area contributed by atoms with E-state index < -0.39 is 19.3 Å². The molecule has 1 saturated heterocycles. The first-order valence-electron chi connectivity index (χ1n) is 7.69. The van der Waals surface area contributed by atoms with Gasteiger partial charge in [-0.15, -0.1) is 0 Å². The van der Waals surface area contributed by atoms with Crippen molar-refractivity contribution in [1.29, 1.82) is 0 Å². The van der Waals surface area contributed by atoms with Crippen molar-refractivity contribution in [3.63, 3.8) is 0 Å². The van der Waals surface area contributed by atoms with Crippen molar-refractivity contribution < 1.29 is 19.5 Å². The molecule has 6 heteroatoms. The molecule has 2 atom stereocenters. The first kappa shape index (κ1) is 17.4. The highest BCUT2D eigenvalue weighted by molar-refractivity contribution is 6.62. The molecule has 22 heavy (non-hydrogen) atoms. The monoisotopic (exact) mass is 307 g/mol. The maximum Gasteiger partial charge on any atom is 0.494 e. The highest BCUT2D eigenvalue weighted by Crippen LogP contribution is 2.36. The smallest absolute Gasteiger partial charge is 0.399 e. The summed E-state index contributed by atoms with van der Waals surface area (Å²) in [5.74, 6) is 0. The van der Waals surface area contributed by atoms with Crippen LogP contribution >= 0.6 is 0 Å². The van der Waals surface area contributed by atoms with Gasteiger partial charge >= 0.3 is 7.12 Å². The van der Waals surface area contributed by atoms with Crippen molar-refractivity contribution in [2.24, 2.45) is 5.73 Å². The Morgan fingerprint density at radius 1 is 1.05 bits per heavy atom. The van der Waals surface area contributed by atoms with Crippen molar-refractivity contribution in [2.45, 2.75) is 57.5 Å². The second kappa shape index (κ2) is 6.30. The number of benzene rings is 1.